The van der Waals surface area contributed by atoms with Crippen LogP contribution in [0, 0.1) is 13.8 Å². The number of aryl methyl sites for hydroxylation is 2. The summed E-state index contributed by atoms with van der Waals surface area (Å²) >= 11 is 0. The topological polar surface area (TPSA) is 12.5 Å². The molecule has 1 aromatic carbocycles. The Hall–Kier alpha value is -0.860. The Morgan fingerprint density at radius 2 is 1.90 bits per heavy atom. The number of ether oxygens (including phenoxy) is 1. The van der Waals surface area contributed by atoms with E-state index in [2.05, 4.69) is 37.8 Å². The third-order valence-corrected chi connectivity index (χ3v) is 5.39. The van der Waals surface area contributed by atoms with Crippen LogP contribution in [0.4, 0.5) is 0 Å². The van der Waals surface area contributed by atoms with Gasteiger partial charge >= 0.3 is 0 Å². The van der Waals surface area contributed by atoms with Gasteiger partial charge in [0.25, 0.3) is 0 Å². The maximum Gasteiger partial charge on any atom is 0.0471 e. The summed E-state index contributed by atoms with van der Waals surface area (Å²) in [6, 6.07) is 4.87. The minimum atomic E-state index is 0.375. The van der Waals surface area contributed by atoms with Crippen molar-refractivity contribution in [2.75, 3.05) is 33.4 Å². The number of rotatable bonds is 4. The van der Waals surface area contributed by atoms with Crippen molar-refractivity contribution in [3.63, 3.8) is 0 Å². The third-order valence-electron chi connectivity index (χ3n) is 5.39. The second-order valence-electron chi connectivity index (χ2n) is 6.30. The normalized spacial score (nSPS) is 26.5. The molecule has 0 saturated carbocycles. The standard InChI is InChI=1S/C17H25NO.C2H6/c1-5-18-10-16-14-8-12(2)13(3)9-15(14)17(16,11-18)6-7-19-4;1-2/h8-9,16H,5-7,10-11H2,1-4H3;1-2H3. The molecule has 2 aliphatic rings. The van der Waals surface area contributed by atoms with Gasteiger partial charge in [0.15, 0.2) is 0 Å². The molecular weight excluding hydrogens is 258 g/mol. The summed E-state index contributed by atoms with van der Waals surface area (Å²) in [5, 5.41) is 0. The number of benzene rings is 1. The van der Waals surface area contributed by atoms with Gasteiger partial charge in [0, 0.05) is 38.1 Å². The summed E-state index contributed by atoms with van der Waals surface area (Å²) < 4.78 is 5.37. The van der Waals surface area contributed by atoms with Crippen molar-refractivity contribution in [1.29, 1.82) is 0 Å². The maximum absolute atomic E-state index is 5.37. The zero-order chi connectivity index (χ0) is 15.6. The number of fused-ring (bicyclic) bond motifs is 4. The van der Waals surface area contributed by atoms with Gasteiger partial charge in [-0.05, 0) is 49.1 Å². The van der Waals surface area contributed by atoms with Crippen molar-refractivity contribution < 1.29 is 4.74 Å². The van der Waals surface area contributed by atoms with Crippen molar-refractivity contribution >= 4 is 0 Å². The minimum absolute atomic E-state index is 0.375. The van der Waals surface area contributed by atoms with Crippen molar-refractivity contribution in [3.8, 4) is 0 Å². The van der Waals surface area contributed by atoms with Crippen LogP contribution >= 0.6 is 0 Å². The largest absolute Gasteiger partial charge is 0.385 e. The molecule has 3 rings (SSSR count). The highest BCUT2D eigenvalue weighted by molar-refractivity contribution is 5.56. The predicted molar refractivity (Wildman–Crippen MR) is 90.3 cm³/mol. The SMILES string of the molecule is CC.CCN1CC2c3cc(C)c(C)cc3C2(CCOC)C1. The lowest BCUT2D eigenvalue weighted by molar-refractivity contribution is 0.154. The van der Waals surface area contributed by atoms with Gasteiger partial charge in [0.05, 0.1) is 0 Å². The Morgan fingerprint density at radius 3 is 2.52 bits per heavy atom. The monoisotopic (exact) mass is 289 g/mol. The summed E-state index contributed by atoms with van der Waals surface area (Å²) in [5.74, 6) is 0.733. The molecule has 0 spiro atoms. The molecule has 1 aromatic rings. The van der Waals surface area contributed by atoms with E-state index >= 15 is 0 Å². The average Bonchev–Trinajstić information content (AvgIpc) is 2.84. The van der Waals surface area contributed by atoms with Crippen LogP contribution in [0.15, 0.2) is 12.1 Å². The van der Waals surface area contributed by atoms with E-state index in [4.69, 9.17) is 4.74 Å². The molecule has 118 valence electrons. The summed E-state index contributed by atoms with van der Waals surface area (Å²) in [5.41, 5.74) is 6.46. The molecule has 0 amide bonds. The number of nitrogens with zero attached hydrogens (tertiary/aromatic N) is 1. The quantitative estimate of drug-likeness (QED) is 0.829. The van der Waals surface area contributed by atoms with E-state index in [9.17, 15) is 0 Å². The van der Waals surface area contributed by atoms with Crippen LogP contribution in [0.2, 0.25) is 0 Å². The fourth-order valence-corrected chi connectivity index (χ4v) is 4.07. The summed E-state index contributed by atoms with van der Waals surface area (Å²) in [4.78, 5) is 2.60. The Bertz CT molecular complexity index is 497. The lowest BCUT2D eigenvalue weighted by Gasteiger charge is -2.47. The van der Waals surface area contributed by atoms with Gasteiger partial charge < -0.3 is 9.64 Å². The molecule has 0 radical (unpaired) electrons. The van der Waals surface area contributed by atoms with Crippen LogP contribution in [-0.2, 0) is 10.2 Å². The summed E-state index contributed by atoms with van der Waals surface area (Å²) in [7, 11) is 1.82. The summed E-state index contributed by atoms with van der Waals surface area (Å²) in [6.45, 7) is 15.2. The average molecular weight is 289 g/mol. The van der Waals surface area contributed by atoms with E-state index in [0.29, 0.717) is 5.41 Å². The van der Waals surface area contributed by atoms with Crippen molar-refractivity contribution in [2.45, 2.75) is 52.4 Å². The molecule has 2 unspecified atom stereocenters. The molecule has 0 bridgehead atoms. The molecule has 0 N–H and O–H groups in total. The van der Waals surface area contributed by atoms with E-state index in [0.717, 1.165) is 19.1 Å². The fraction of sp³-hybridized carbons (Fsp3) is 0.684. The van der Waals surface area contributed by atoms with E-state index < -0.39 is 0 Å². The Morgan fingerprint density at radius 1 is 1.24 bits per heavy atom. The molecular formula is C19H31NO. The van der Waals surface area contributed by atoms with Crippen LogP contribution in [-0.4, -0.2) is 38.3 Å². The highest BCUT2D eigenvalue weighted by atomic mass is 16.5. The first-order valence-electron chi connectivity index (χ1n) is 8.45. The van der Waals surface area contributed by atoms with Gasteiger partial charge in [-0.2, -0.15) is 0 Å². The molecule has 2 heteroatoms. The van der Waals surface area contributed by atoms with Crippen molar-refractivity contribution in [1.82, 2.24) is 4.90 Å². The molecule has 1 aliphatic heterocycles. The summed E-state index contributed by atoms with van der Waals surface area (Å²) in [6.07, 6.45) is 1.17. The van der Waals surface area contributed by atoms with Gasteiger partial charge in [-0.1, -0.05) is 32.9 Å². The van der Waals surface area contributed by atoms with Crippen LogP contribution in [0.1, 0.15) is 55.4 Å². The maximum atomic E-state index is 5.37. The molecule has 1 heterocycles. The van der Waals surface area contributed by atoms with Crippen LogP contribution in [0.25, 0.3) is 0 Å². The second-order valence-corrected chi connectivity index (χ2v) is 6.30. The predicted octanol–water partition coefficient (Wildman–Crippen LogP) is 4.04. The fourth-order valence-electron chi connectivity index (χ4n) is 4.07. The molecule has 0 aromatic heterocycles. The van der Waals surface area contributed by atoms with Crippen LogP contribution in [0.5, 0.6) is 0 Å². The van der Waals surface area contributed by atoms with E-state index in [1.165, 1.54) is 30.6 Å². The zero-order valence-corrected chi connectivity index (χ0v) is 14.6. The molecule has 1 fully saturated rings. The molecule has 2 atom stereocenters. The van der Waals surface area contributed by atoms with Gasteiger partial charge in [0.1, 0.15) is 0 Å². The van der Waals surface area contributed by atoms with Gasteiger partial charge in [-0.15, -0.1) is 0 Å². The molecule has 1 aliphatic carbocycles. The lowest BCUT2D eigenvalue weighted by atomic mass is 9.56. The molecule has 21 heavy (non-hydrogen) atoms. The highest BCUT2D eigenvalue weighted by Crippen LogP contribution is 2.58. The minimum Gasteiger partial charge on any atom is -0.385 e. The molecule has 2 nitrogen and oxygen atoms in total. The number of hydrogen-bond acceptors (Lipinski definition) is 2. The van der Waals surface area contributed by atoms with Crippen LogP contribution in [0.3, 0.4) is 0 Å². The number of hydrogen-bond donors (Lipinski definition) is 0. The first kappa shape index (κ1) is 16.5. The smallest absolute Gasteiger partial charge is 0.0471 e. The number of methoxy groups -OCH3 is 1. The Kier molecular flexibility index (Phi) is 5.11. The van der Waals surface area contributed by atoms with Gasteiger partial charge in [-0.25, -0.2) is 0 Å². The zero-order valence-electron chi connectivity index (χ0n) is 14.6. The first-order chi connectivity index (χ1) is 10.1. The van der Waals surface area contributed by atoms with Gasteiger partial charge in [-0.3, -0.25) is 0 Å². The third kappa shape index (κ3) is 2.53. The van der Waals surface area contributed by atoms with E-state index in [1.54, 1.807) is 11.1 Å². The first-order valence-corrected chi connectivity index (χ1v) is 8.45. The second kappa shape index (κ2) is 6.50. The van der Waals surface area contributed by atoms with E-state index in [1.807, 2.05) is 21.0 Å². The Labute approximate surface area is 130 Å². The highest BCUT2D eigenvalue weighted by Gasteiger charge is 2.56. The lowest BCUT2D eigenvalue weighted by Crippen LogP contribution is -2.44. The number of likely N-dealkylation sites (tertiary alicyclic amines) is 1. The van der Waals surface area contributed by atoms with Gasteiger partial charge in [0.2, 0.25) is 0 Å². The van der Waals surface area contributed by atoms with Crippen molar-refractivity contribution in [2.24, 2.45) is 0 Å². The van der Waals surface area contributed by atoms with E-state index in [-0.39, 0.29) is 0 Å². The van der Waals surface area contributed by atoms with Crippen molar-refractivity contribution in [3.05, 3.63) is 34.4 Å². The van der Waals surface area contributed by atoms with Crippen LogP contribution < -0.4 is 0 Å². The molecule has 1 saturated heterocycles. The Balaban J connectivity index is 0.000000774. The number of likely N-dealkylation sites (N-methyl/N-ethyl adjacent to an activating group) is 1.